The van der Waals surface area contributed by atoms with E-state index in [1.807, 2.05) is 24.3 Å². The lowest BCUT2D eigenvalue weighted by molar-refractivity contribution is 0.0647. The molecule has 0 aromatic heterocycles. The normalized spacial score (nSPS) is 13.8. The van der Waals surface area contributed by atoms with E-state index in [-0.39, 0.29) is 23.1 Å². The van der Waals surface area contributed by atoms with Crippen LogP contribution in [0.25, 0.3) is 0 Å². The van der Waals surface area contributed by atoms with Crippen molar-refractivity contribution < 1.29 is 14.4 Å². The highest BCUT2D eigenvalue weighted by Crippen LogP contribution is 2.26. The van der Waals surface area contributed by atoms with Crippen molar-refractivity contribution in [1.82, 2.24) is 4.90 Å². The summed E-state index contributed by atoms with van der Waals surface area (Å²) in [7, 11) is 0. The molecule has 0 saturated carbocycles. The average Bonchev–Trinajstić information content (AvgIpc) is 2.89. The van der Waals surface area contributed by atoms with Crippen molar-refractivity contribution in [2.45, 2.75) is 46.5 Å². The van der Waals surface area contributed by atoms with Gasteiger partial charge in [-0.2, -0.15) is 0 Å². The Morgan fingerprint density at radius 3 is 2.17 bits per heavy atom. The minimum absolute atomic E-state index is 0.0386. The molecule has 1 aliphatic rings. The second-order valence-electron chi connectivity index (χ2n) is 8.99. The summed E-state index contributed by atoms with van der Waals surface area (Å²) in [6, 6.07) is 12.4. The number of amides is 3. The van der Waals surface area contributed by atoms with Gasteiger partial charge in [-0.05, 0) is 53.6 Å². The van der Waals surface area contributed by atoms with Crippen molar-refractivity contribution in [1.29, 1.82) is 0 Å². The average molecular weight is 392 g/mol. The maximum atomic E-state index is 12.7. The number of anilines is 1. The van der Waals surface area contributed by atoms with Gasteiger partial charge in [-0.25, -0.2) is 0 Å². The van der Waals surface area contributed by atoms with Gasteiger partial charge in [0.15, 0.2) is 0 Å². The maximum Gasteiger partial charge on any atom is 0.261 e. The Labute approximate surface area is 172 Å². The lowest BCUT2D eigenvalue weighted by Crippen LogP contribution is -2.31. The molecule has 0 atom stereocenters. The van der Waals surface area contributed by atoms with Crippen LogP contribution in [0, 0.1) is 5.92 Å². The fourth-order valence-corrected chi connectivity index (χ4v) is 3.28. The number of imide groups is 1. The third kappa shape index (κ3) is 4.39. The SMILES string of the molecule is CC(C)CCN1C(=O)c2ccc(C(=O)Nc3ccc(C(C)(C)C)cc3)cc2C1=O. The molecule has 0 saturated heterocycles. The van der Waals surface area contributed by atoms with Gasteiger partial charge in [-0.15, -0.1) is 0 Å². The van der Waals surface area contributed by atoms with Crippen molar-refractivity contribution in [2.24, 2.45) is 5.92 Å². The zero-order valence-corrected chi connectivity index (χ0v) is 17.7. The summed E-state index contributed by atoms with van der Waals surface area (Å²) >= 11 is 0. The molecule has 152 valence electrons. The van der Waals surface area contributed by atoms with Crippen LogP contribution in [-0.4, -0.2) is 29.2 Å². The van der Waals surface area contributed by atoms with Crippen LogP contribution in [0.2, 0.25) is 0 Å². The number of hydrogen-bond donors (Lipinski definition) is 1. The summed E-state index contributed by atoms with van der Waals surface area (Å²) < 4.78 is 0. The summed E-state index contributed by atoms with van der Waals surface area (Å²) in [6.45, 7) is 10.9. The largest absolute Gasteiger partial charge is 0.322 e. The van der Waals surface area contributed by atoms with Gasteiger partial charge < -0.3 is 5.32 Å². The Morgan fingerprint density at radius 1 is 0.966 bits per heavy atom. The molecule has 1 N–H and O–H groups in total. The molecule has 5 nitrogen and oxygen atoms in total. The van der Waals surface area contributed by atoms with E-state index in [9.17, 15) is 14.4 Å². The van der Waals surface area contributed by atoms with E-state index in [0.717, 1.165) is 6.42 Å². The first kappa shape index (κ1) is 20.8. The Balaban J connectivity index is 1.76. The van der Waals surface area contributed by atoms with Gasteiger partial charge in [0.1, 0.15) is 0 Å². The molecule has 1 heterocycles. The highest BCUT2D eigenvalue weighted by molar-refractivity contribution is 6.22. The molecular formula is C24H28N2O3. The van der Waals surface area contributed by atoms with Crippen molar-refractivity contribution in [2.75, 3.05) is 11.9 Å². The molecule has 0 radical (unpaired) electrons. The number of carbonyl (C=O) groups is 3. The molecule has 0 aliphatic carbocycles. The van der Waals surface area contributed by atoms with Gasteiger partial charge in [0.2, 0.25) is 0 Å². The Hall–Kier alpha value is -2.95. The quantitative estimate of drug-likeness (QED) is 0.738. The molecule has 0 unspecified atom stereocenters. The molecule has 0 spiro atoms. The van der Waals surface area contributed by atoms with Crippen molar-refractivity contribution in [3.63, 3.8) is 0 Å². The van der Waals surface area contributed by atoms with Crippen LogP contribution in [0.15, 0.2) is 42.5 Å². The number of nitrogens with one attached hydrogen (secondary N) is 1. The van der Waals surface area contributed by atoms with Crippen LogP contribution in [-0.2, 0) is 5.41 Å². The highest BCUT2D eigenvalue weighted by Gasteiger charge is 2.35. The molecule has 3 amide bonds. The molecule has 2 aromatic carbocycles. The van der Waals surface area contributed by atoms with E-state index < -0.39 is 0 Å². The Morgan fingerprint density at radius 2 is 1.59 bits per heavy atom. The lowest BCUT2D eigenvalue weighted by atomic mass is 9.87. The fraction of sp³-hybridized carbons (Fsp3) is 0.375. The summed E-state index contributed by atoms with van der Waals surface area (Å²) in [5, 5.41) is 2.86. The lowest BCUT2D eigenvalue weighted by Gasteiger charge is -2.19. The van der Waals surface area contributed by atoms with Gasteiger partial charge in [0.25, 0.3) is 17.7 Å². The number of nitrogens with zero attached hydrogens (tertiary/aromatic N) is 1. The fourth-order valence-electron chi connectivity index (χ4n) is 3.28. The van der Waals surface area contributed by atoms with Gasteiger partial charge in [-0.1, -0.05) is 46.8 Å². The van der Waals surface area contributed by atoms with Gasteiger partial charge in [-0.3, -0.25) is 19.3 Å². The first-order chi connectivity index (χ1) is 13.6. The van der Waals surface area contributed by atoms with Crippen LogP contribution in [0.1, 0.15) is 77.7 Å². The van der Waals surface area contributed by atoms with Crippen molar-refractivity contribution in [3.8, 4) is 0 Å². The summed E-state index contributed by atoms with van der Waals surface area (Å²) in [6.07, 6.45) is 0.753. The van der Waals surface area contributed by atoms with Crippen molar-refractivity contribution in [3.05, 3.63) is 64.7 Å². The number of benzene rings is 2. The molecule has 3 rings (SSSR count). The zero-order valence-electron chi connectivity index (χ0n) is 17.7. The Bertz CT molecular complexity index is 953. The first-order valence-corrected chi connectivity index (χ1v) is 10.00. The molecule has 29 heavy (non-hydrogen) atoms. The summed E-state index contributed by atoms with van der Waals surface area (Å²) in [5.74, 6) is -0.521. The second kappa shape index (κ2) is 7.82. The predicted octanol–water partition coefficient (Wildman–Crippen LogP) is 4.88. The van der Waals surface area contributed by atoms with Crippen LogP contribution in [0.5, 0.6) is 0 Å². The zero-order chi connectivity index (χ0) is 21.3. The minimum atomic E-state index is -0.324. The third-order valence-electron chi connectivity index (χ3n) is 5.17. The van der Waals surface area contributed by atoms with Crippen LogP contribution in [0.4, 0.5) is 5.69 Å². The summed E-state index contributed by atoms with van der Waals surface area (Å²) in [4.78, 5) is 39.1. The van der Waals surface area contributed by atoms with E-state index in [0.29, 0.717) is 34.8 Å². The van der Waals surface area contributed by atoms with Crippen molar-refractivity contribution >= 4 is 23.4 Å². The van der Waals surface area contributed by atoms with E-state index in [1.165, 1.54) is 16.5 Å². The van der Waals surface area contributed by atoms with E-state index in [1.54, 1.807) is 12.1 Å². The van der Waals surface area contributed by atoms with E-state index in [2.05, 4.69) is 39.9 Å². The molecular weight excluding hydrogens is 364 g/mol. The van der Waals surface area contributed by atoms with Crippen LogP contribution >= 0.6 is 0 Å². The van der Waals surface area contributed by atoms with E-state index >= 15 is 0 Å². The minimum Gasteiger partial charge on any atom is -0.322 e. The number of hydrogen-bond acceptors (Lipinski definition) is 3. The second-order valence-corrected chi connectivity index (χ2v) is 8.99. The van der Waals surface area contributed by atoms with Gasteiger partial charge in [0.05, 0.1) is 11.1 Å². The van der Waals surface area contributed by atoms with Gasteiger partial charge in [0, 0.05) is 17.8 Å². The standard InChI is InChI=1S/C24H28N2O3/c1-15(2)12-13-26-22(28)19-11-6-16(14-20(19)23(26)29)21(27)25-18-9-7-17(8-10-18)24(3,4)5/h6-11,14-15H,12-13H2,1-5H3,(H,25,27). The maximum absolute atomic E-state index is 12.7. The monoisotopic (exact) mass is 392 g/mol. The van der Waals surface area contributed by atoms with E-state index in [4.69, 9.17) is 0 Å². The number of carbonyl (C=O) groups excluding carboxylic acids is 3. The smallest absolute Gasteiger partial charge is 0.261 e. The predicted molar refractivity (Wildman–Crippen MR) is 114 cm³/mol. The number of fused-ring (bicyclic) bond motifs is 1. The molecule has 5 heteroatoms. The number of rotatable bonds is 5. The van der Waals surface area contributed by atoms with Crippen LogP contribution < -0.4 is 5.32 Å². The molecule has 0 bridgehead atoms. The van der Waals surface area contributed by atoms with Crippen LogP contribution in [0.3, 0.4) is 0 Å². The molecule has 2 aromatic rings. The molecule has 0 fully saturated rings. The Kier molecular flexibility index (Phi) is 5.60. The third-order valence-corrected chi connectivity index (χ3v) is 5.17. The molecule has 1 aliphatic heterocycles. The summed E-state index contributed by atoms with van der Waals surface area (Å²) in [5.41, 5.74) is 2.93. The topological polar surface area (TPSA) is 66.5 Å². The first-order valence-electron chi connectivity index (χ1n) is 10.00. The van der Waals surface area contributed by atoms with Gasteiger partial charge >= 0.3 is 0 Å². The highest BCUT2D eigenvalue weighted by atomic mass is 16.2.